The molecule has 0 radical (unpaired) electrons. The van der Waals surface area contributed by atoms with E-state index in [9.17, 15) is 9.90 Å². The van der Waals surface area contributed by atoms with Crippen molar-refractivity contribution in [2.45, 2.75) is 103 Å². The summed E-state index contributed by atoms with van der Waals surface area (Å²) >= 11 is 0. The molecular weight excluding hydrogens is 789 g/mol. The van der Waals surface area contributed by atoms with Gasteiger partial charge in [-0.1, -0.05) is 51.1 Å². The first kappa shape index (κ1) is 44.3. The van der Waals surface area contributed by atoms with Crippen LogP contribution in [0.15, 0.2) is 66.9 Å². The first-order chi connectivity index (χ1) is 29.9. The molecule has 3 aliphatic rings. The minimum Gasteiger partial charge on any atom is -0.492 e. The summed E-state index contributed by atoms with van der Waals surface area (Å²) in [5, 5.41) is 37.5. The molecule has 0 saturated carbocycles. The van der Waals surface area contributed by atoms with E-state index in [-0.39, 0.29) is 36.7 Å². The van der Waals surface area contributed by atoms with Crippen LogP contribution >= 0.6 is 0 Å². The van der Waals surface area contributed by atoms with Crippen molar-refractivity contribution in [2.24, 2.45) is 0 Å². The maximum Gasteiger partial charge on any atom is 0.320 e. The number of aliphatic hydroxyl groups excluding tert-OH is 1. The van der Waals surface area contributed by atoms with E-state index >= 15 is 0 Å². The van der Waals surface area contributed by atoms with Gasteiger partial charge >= 0.3 is 6.03 Å². The van der Waals surface area contributed by atoms with Gasteiger partial charge < -0.3 is 34.8 Å². The Morgan fingerprint density at radius 2 is 1.66 bits per heavy atom. The molecule has 0 spiro atoms. The number of nitrogens with one attached hydrogen (secondary N) is 2. The van der Waals surface area contributed by atoms with Gasteiger partial charge in [0.15, 0.2) is 5.65 Å². The molecule has 4 N–H and O–H groups in total. The highest BCUT2D eigenvalue weighted by Gasteiger charge is 2.32. The van der Waals surface area contributed by atoms with Crippen LogP contribution in [0.5, 0.6) is 11.5 Å². The fraction of sp³-hybridized carbons (Fsp3) is 0.500. The molecule has 16 nitrogen and oxygen atoms in total. The summed E-state index contributed by atoms with van der Waals surface area (Å²) in [4.78, 5) is 29.4. The molecule has 4 atom stereocenters. The van der Waals surface area contributed by atoms with Crippen LogP contribution < -0.4 is 25.0 Å². The number of piperidine rings is 1. The third kappa shape index (κ3) is 10.1. The molecule has 8 rings (SSSR count). The fourth-order valence-corrected chi connectivity index (χ4v) is 8.75. The average molecular weight is 851 g/mol. The number of pyridine rings is 1. The minimum atomic E-state index is -0.326. The summed E-state index contributed by atoms with van der Waals surface area (Å²) in [7, 11) is 2.15. The second kappa shape index (κ2) is 19.6. The van der Waals surface area contributed by atoms with Crippen molar-refractivity contribution in [3.63, 3.8) is 0 Å². The number of carbonyl (C=O) groups excluding carboxylic acids is 1. The molecule has 1 aliphatic carbocycles. The van der Waals surface area contributed by atoms with Crippen LogP contribution in [0.25, 0.3) is 11.3 Å². The zero-order valence-electron chi connectivity index (χ0n) is 36.8. The van der Waals surface area contributed by atoms with Crippen molar-refractivity contribution in [3.05, 3.63) is 89.2 Å². The number of amides is 2. The van der Waals surface area contributed by atoms with E-state index < -0.39 is 0 Å². The van der Waals surface area contributed by atoms with Crippen LogP contribution in [-0.2, 0) is 16.8 Å². The van der Waals surface area contributed by atoms with E-state index in [1.165, 1.54) is 6.42 Å². The first-order valence-corrected chi connectivity index (χ1v) is 21.8. The number of fused-ring (bicyclic) bond motifs is 2. The highest BCUT2D eigenvalue weighted by atomic mass is 16.5. The van der Waals surface area contributed by atoms with E-state index in [4.69, 9.17) is 24.5 Å². The lowest BCUT2D eigenvalue weighted by Gasteiger charge is -2.39. The molecule has 0 bridgehead atoms. The predicted octanol–water partition coefficient (Wildman–Crippen LogP) is 6.58. The average Bonchev–Trinajstić information content (AvgIpc) is 3.87. The number of piperazine rings is 1. The number of urea groups is 1. The summed E-state index contributed by atoms with van der Waals surface area (Å²) < 4.78 is 16.8. The lowest BCUT2D eigenvalue weighted by molar-refractivity contribution is -0.122. The summed E-state index contributed by atoms with van der Waals surface area (Å²) in [6, 6.07) is 19.9. The van der Waals surface area contributed by atoms with Gasteiger partial charge in [-0.2, -0.15) is 5.10 Å². The largest absolute Gasteiger partial charge is 0.492 e. The molecule has 2 amide bonds. The van der Waals surface area contributed by atoms with Crippen molar-refractivity contribution >= 4 is 29.9 Å². The molecule has 62 heavy (non-hydrogen) atoms. The molecule has 2 aromatic carbocycles. The maximum absolute atomic E-state index is 13.9. The second-order valence-electron chi connectivity index (χ2n) is 17.7. The smallest absolute Gasteiger partial charge is 0.320 e. The lowest BCUT2D eigenvalue weighted by atomic mass is 9.85. The van der Waals surface area contributed by atoms with Crippen LogP contribution in [0.4, 0.5) is 16.6 Å². The number of hydrogen-bond acceptors (Lipinski definition) is 11. The van der Waals surface area contributed by atoms with Gasteiger partial charge in [0.25, 0.3) is 6.47 Å². The third-order valence-electron chi connectivity index (χ3n) is 12.2. The molecule has 332 valence electrons. The molecule has 0 unspecified atom stereocenters. The van der Waals surface area contributed by atoms with Crippen LogP contribution in [0.3, 0.4) is 0 Å². The number of aromatic nitrogens is 5. The van der Waals surface area contributed by atoms with Crippen molar-refractivity contribution in [3.8, 4) is 17.2 Å². The van der Waals surface area contributed by atoms with Gasteiger partial charge in [0.05, 0.1) is 30.2 Å². The molecule has 2 saturated heterocycles. The molecule has 2 fully saturated rings. The minimum absolute atomic E-state index is 0.144. The second-order valence-corrected chi connectivity index (χ2v) is 17.7. The number of hydrogen-bond donors (Lipinski definition) is 4. The monoisotopic (exact) mass is 850 g/mol. The highest BCUT2D eigenvalue weighted by molar-refractivity contribution is 5.89. The van der Waals surface area contributed by atoms with E-state index in [0.717, 1.165) is 91.8 Å². The Morgan fingerprint density at radius 3 is 2.37 bits per heavy atom. The van der Waals surface area contributed by atoms with E-state index in [1.807, 2.05) is 54.7 Å². The number of benzene rings is 2. The molecule has 5 heterocycles. The molecule has 3 aromatic heterocycles. The topological polar surface area (TPSA) is 175 Å². The Balaban J connectivity index is 0.00000187. The summed E-state index contributed by atoms with van der Waals surface area (Å²) in [6.45, 7) is 15.8. The van der Waals surface area contributed by atoms with Gasteiger partial charge in [0, 0.05) is 67.9 Å². The number of anilines is 2. The fourth-order valence-electron chi connectivity index (χ4n) is 8.75. The van der Waals surface area contributed by atoms with Crippen LogP contribution in [0, 0.1) is 0 Å². The quantitative estimate of drug-likeness (QED) is 0.105. The number of aliphatic hydroxyl groups is 1. The van der Waals surface area contributed by atoms with Crippen molar-refractivity contribution in [1.29, 1.82) is 0 Å². The van der Waals surface area contributed by atoms with Gasteiger partial charge in [0.1, 0.15) is 30.0 Å². The zero-order valence-corrected chi connectivity index (χ0v) is 36.8. The number of carboxylic acid groups (broad SMARTS) is 1. The maximum atomic E-state index is 13.9. The Kier molecular flexibility index (Phi) is 14.0. The summed E-state index contributed by atoms with van der Waals surface area (Å²) in [6.07, 6.45) is 6.73. The van der Waals surface area contributed by atoms with E-state index in [2.05, 4.69) is 93.7 Å². The Bertz CT molecular complexity index is 2290. The van der Waals surface area contributed by atoms with Crippen molar-refractivity contribution < 1.29 is 29.3 Å². The normalized spacial score (nSPS) is 20.8. The number of carbonyl (C=O) groups is 2. The van der Waals surface area contributed by atoms with Gasteiger partial charge in [0.2, 0.25) is 5.95 Å². The Morgan fingerprint density at radius 1 is 0.935 bits per heavy atom. The molecular formula is C46H62N10O6. The number of likely N-dealkylation sites (N-methyl/N-ethyl adjacent to an activating group) is 1. The third-order valence-corrected chi connectivity index (χ3v) is 12.2. The summed E-state index contributed by atoms with van der Waals surface area (Å²) in [5.74, 6) is 2.74. The standard InChI is InChI=1S/C45H60N10O4.CH2O2/c1-30-10-9-11-31(2)54(30)44-49-48-41-19-16-34(28-53(41)44)59-38-18-17-37(35-12-7-8-13-36(35)38)46-43(57)47-42-27-40(45(3,4)5)50-55(42)33-15-14-32(29-56)39(26-33)58-25-24-52-22-20-51(6)21-23-52;2-1-3/h7-8,12-16,19,26-28,30-31,37-38,56H,9-11,17-18,20-25,29H2,1-6H3,(H2,46,47,57);1H,(H,2,3)/t30-,31+,37-,38+;/m0./s1. The van der Waals surface area contributed by atoms with E-state index in [1.54, 1.807) is 4.68 Å². The molecule has 5 aromatic rings. The first-order valence-electron chi connectivity index (χ1n) is 21.8. The summed E-state index contributed by atoms with van der Waals surface area (Å²) in [5.41, 5.74) is 4.86. The molecule has 2 aliphatic heterocycles. The number of nitrogens with zero attached hydrogens (tertiary/aromatic N) is 8. The zero-order chi connectivity index (χ0) is 44.0. The van der Waals surface area contributed by atoms with Crippen LogP contribution in [-0.4, -0.2) is 115 Å². The van der Waals surface area contributed by atoms with Gasteiger partial charge in [-0.05, 0) is 82.3 Å². The molecule has 16 heteroatoms. The SMILES string of the molecule is C[C@@H]1CCC[C@H](C)N1c1nnc2ccc(O[C@@H]3CC[C@H](NC(=O)Nc4cc(C(C)(C)C)nn4-c4ccc(CO)c(OCCN5CCN(C)CC5)c4)c4ccccc43)cn12.O=CO. The van der Waals surface area contributed by atoms with Crippen molar-refractivity contribution in [1.82, 2.24) is 39.5 Å². The lowest BCUT2D eigenvalue weighted by Crippen LogP contribution is -2.45. The van der Waals surface area contributed by atoms with Crippen molar-refractivity contribution in [2.75, 3.05) is 56.6 Å². The van der Waals surface area contributed by atoms with Crippen LogP contribution in [0.2, 0.25) is 0 Å². The Hall–Kier alpha value is -5.71. The Labute approximate surface area is 363 Å². The van der Waals surface area contributed by atoms with Gasteiger partial charge in [-0.25, -0.2) is 9.48 Å². The number of ether oxygens (including phenoxy) is 2. The van der Waals surface area contributed by atoms with Gasteiger partial charge in [-0.15, -0.1) is 10.2 Å². The predicted molar refractivity (Wildman–Crippen MR) is 238 cm³/mol. The van der Waals surface area contributed by atoms with Gasteiger partial charge in [-0.3, -0.25) is 19.4 Å². The van der Waals surface area contributed by atoms with E-state index in [0.29, 0.717) is 42.2 Å². The number of rotatable bonds is 11. The highest BCUT2D eigenvalue weighted by Crippen LogP contribution is 2.39. The van der Waals surface area contributed by atoms with Crippen LogP contribution in [0.1, 0.15) is 101 Å².